The first-order valence-corrected chi connectivity index (χ1v) is 8.39. The first-order valence-electron chi connectivity index (χ1n) is 8.39. The molecule has 1 aliphatic heterocycles. The number of nitrogens with zero attached hydrogens (tertiary/aromatic N) is 2. The summed E-state index contributed by atoms with van der Waals surface area (Å²) in [7, 11) is 0. The molecule has 2 unspecified atom stereocenters. The second-order valence-corrected chi connectivity index (χ2v) is 6.90. The summed E-state index contributed by atoms with van der Waals surface area (Å²) in [5.74, 6) is 0.968. The summed E-state index contributed by atoms with van der Waals surface area (Å²) in [5, 5.41) is 9.99. The van der Waals surface area contributed by atoms with E-state index in [1.165, 1.54) is 5.56 Å². The summed E-state index contributed by atoms with van der Waals surface area (Å²) in [6, 6.07) is 6.13. The molecule has 2 aromatic rings. The highest BCUT2D eigenvalue weighted by molar-refractivity contribution is 5.78. The first-order chi connectivity index (χ1) is 11.0. The van der Waals surface area contributed by atoms with Crippen LogP contribution in [0.3, 0.4) is 0 Å². The Kier molecular flexibility index (Phi) is 4.39. The molecule has 1 aromatic carbocycles. The van der Waals surface area contributed by atoms with E-state index in [0.29, 0.717) is 0 Å². The van der Waals surface area contributed by atoms with Crippen LogP contribution < -0.4 is 0 Å². The van der Waals surface area contributed by atoms with Crippen LogP contribution in [0.4, 0.5) is 0 Å². The van der Waals surface area contributed by atoms with Crippen LogP contribution in [-0.4, -0.2) is 38.5 Å². The lowest BCUT2D eigenvalue weighted by atomic mass is 10.0. The van der Waals surface area contributed by atoms with Gasteiger partial charge in [-0.1, -0.05) is 19.9 Å². The summed E-state index contributed by atoms with van der Waals surface area (Å²) >= 11 is 0. The van der Waals surface area contributed by atoms with Crippen LogP contribution in [0.5, 0.6) is 0 Å². The molecule has 0 spiro atoms. The Morgan fingerprint density at radius 1 is 1.48 bits per heavy atom. The van der Waals surface area contributed by atoms with E-state index in [1.807, 2.05) is 30.9 Å². The van der Waals surface area contributed by atoms with Crippen molar-refractivity contribution >= 4 is 16.9 Å². The van der Waals surface area contributed by atoms with Crippen LogP contribution in [0.2, 0.25) is 0 Å². The number of aryl methyl sites for hydroxylation is 1. The number of H-pyrrole nitrogens is 1. The highest BCUT2D eigenvalue weighted by atomic mass is 16.3. The fourth-order valence-electron chi connectivity index (χ4n) is 3.18. The number of benzene rings is 1. The van der Waals surface area contributed by atoms with Gasteiger partial charge in [0.25, 0.3) is 0 Å². The Hall–Kier alpha value is -1.88. The number of hydrogen-bond donors (Lipinski definition) is 2. The lowest BCUT2D eigenvalue weighted by Crippen LogP contribution is -2.34. The van der Waals surface area contributed by atoms with Crippen LogP contribution in [-0.2, 0) is 4.79 Å². The minimum atomic E-state index is -0.581. The monoisotopic (exact) mass is 315 g/mol. The van der Waals surface area contributed by atoms with Crippen molar-refractivity contribution in [3.8, 4) is 0 Å². The van der Waals surface area contributed by atoms with E-state index in [1.54, 1.807) is 0 Å². The van der Waals surface area contributed by atoms with Gasteiger partial charge in [-0.15, -0.1) is 0 Å². The number of nitrogens with one attached hydrogen (secondary N) is 1. The lowest BCUT2D eigenvalue weighted by molar-refractivity contribution is -0.134. The van der Waals surface area contributed by atoms with E-state index in [9.17, 15) is 9.90 Å². The van der Waals surface area contributed by atoms with E-state index in [-0.39, 0.29) is 24.3 Å². The molecular weight excluding hydrogens is 290 g/mol. The van der Waals surface area contributed by atoms with Crippen molar-refractivity contribution in [1.29, 1.82) is 0 Å². The Labute approximate surface area is 136 Å². The summed E-state index contributed by atoms with van der Waals surface area (Å²) in [4.78, 5) is 22.5. The van der Waals surface area contributed by atoms with Gasteiger partial charge in [0, 0.05) is 6.54 Å². The predicted molar refractivity (Wildman–Crippen MR) is 90.0 cm³/mol. The molecule has 23 heavy (non-hydrogen) atoms. The second kappa shape index (κ2) is 6.32. The number of carbonyl (C=O) groups is 1. The number of amides is 1. The number of rotatable bonds is 4. The average Bonchev–Trinajstić information content (AvgIpc) is 3.12. The molecule has 1 saturated heterocycles. The fourth-order valence-corrected chi connectivity index (χ4v) is 3.18. The topological polar surface area (TPSA) is 69.2 Å². The van der Waals surface area contributed by atoms with Crippen molar-refractivity contribution in [2.45, 2.75) is 52.2 Å². The molecule has 5 heteroatoms. The summed E-state index contributed by atoms with van der Waals surface area (Å²) in [6.07, 6.45) is 1.50. The molecule has 2 N–H and O–H groups in total. The molecule has 0 aliphatic carbocycles. The number of aromatic nitrogens is 2. The van der Waals surface area contributed by atoms with Crippen molar-refractivity contribution in [2.75, 3.05) is 6.54 Å². The standard InChI is InChI=1S/C18H25N3O2/c1-11(2)16(22)10-17(23)21-8-4-5-15(21)18-19-13-7-6-12(3)9-14(13)20-18/h6-7,9,11,15-16,22H,4-5,8,10H2,1-3H3,(H,19,20). The SMILES string of the molecule is Cc1ccc2nc(C3CCCN3C(=O)CC(O)C(C)C)[nH]c2c1. The van der Waals surface area contributed by atoms with Gasteiger partial charge < -0.3 is 15.0 Å². The summed E-state index contributed by atoms with van der Waals surface area (Å²) in [6.45, 7) is 6.66. The largest absolute Gasteiger partial charge is 0.392 e. The molecule has 3 rings (SSSR count). The molecule has 5 nitrogen and oxygen atoms in total. The summed E-state index contributed by atoms with van der Waals surface area (Å²) < 4.78 is 0. The van der Waals surface area contributed by atoms with Gasteiger partial charge in [-0.2, -0.15) is 0 Å². The fraction of sp³-hybridized carbons (Fsp3) is 0.556. The predicted octanol–water partition coefficient (Wildman–Crippen LogP) is 2.94. The average molecular weight is 315 g/mol. The third-order valence-electron chi connectivity index (χ3n) is 4.70. The third kappa shape index (κ3) is 3.24. The van der Waals surface area contributed by atoms with Crippen LogP contribution >= 0.6 is 0 Å². The van der Waals surface area contributed by atoms with E-state index in [4.69, 9.17) is 0 Å². The van der Waals surface area contributed by atoms with Crippen molar-refractivity contribution in [1.82, 2.24) is 14.9 Å². The minimum Gasteiger partial charge on any atom is -0.392 e. The van der Waals surface area contributed by atoms with Gasteiger partial charge in [-0.25, -0.2) is 4.98 Å². The number of carbonyl (C=O) groups excluding carboxylic acids is 1. The van der Waals surface area contributed by atoms with E-state index < -0.39 is 6.10 Å². The molecular formula is C18H25N3O2. The maximum absolute atomic E-state index is 12.5. The number of aliphatic hydroxyl groups excluding tert-OH is 1. The van der Waals surface area contributed by atoms with Gasteiger partial charge in [0.05, 0.1) is 29.6 Å². The van der Waals surface area contributed by atoms with Gasteiger partial charge in [0.1, 0.15) is 5.82 Å². The number of likely N-dealkylation sites (tertiary alicyclic amines) is 1. The Balaban J connectivity index is 1.81. The summed E-state index contributed by atoms with van der Waals surface area (Å²) in [5.41, 5.74) is 3.14. The van der Waals surface area contributed by atoms with Gasteiger partial charge in [-0.3, -0.25) is 4.79 Å². The van der Waals surface area contributed by atoms with Crippen molar-refractivity contribution < 1.29 is 9.90 Å². The number of aromatic amines is 1. The molecule has 2 atom stereocenters. The first kappa shape index (κ1) is 16.0. The van der Waals surface area contributed by atoms with Gasteiger partial charge in [-0.05, 0) is 43.4 Å². The van der Waals surface area contributed by atoms with Crippen molar-refractivity contribution in [3.63, 3.8) is 0 Å². The molecule has 1 fully saturated rings. The lowest BCUT2D eigenvalue weighted by Gasteiger charge is -2.25. The highest BCUT2D eigenvalue weighted by Crippen LogP contribution is 2.32. The number of fused-ring (bicyclic) bond motifs is 1. The van der Waals surface area contributed by atoms with Gasteiger partial charge in [0.2, 0.25) is 5.91 Å². The normalized spacial score (nSPS) is 19.7. The second-order valence-electron chi connectivity index (χ2n) is 6.90. The third-order valence-corrected chi connectivity index (χ3v) is 4.70. The molecule has 124 valence electrons. The molecule has 1 amide bonds. The van der Waals surface area contributed by atoms with Crippen LogP contribution in [0, 0.1) is 12.8 Å². The van der Waals surface area contributed by atoms with E-state index >= 15 is 0 Å². The Morgan fingerprint density at radius 2 is 2.26 bits per heavy atom. The number of hydrogen-bond acceptors (Lipinski definition) is 3. The zero-order valence-electron chi connectivity index (χ0n) is 14.0. The van der Waals surface area contributed by atoms with Crippen molar-refractivity contribution in [2.24, 2.45) is 5.92 Å². The maximum Gasteiger partial charge on any atom is 0.225 e. The van der Waals surface area contributed by atoms with Crippen LogP contribution in [0.25, 0.3) is 11.0 Å². The molecule has 1 aliphatic rings. The zero-order chi connectivity index (χ0) is 16.6. The number of imidazole rings is 1. The van der Waals surface area contributed by atoms with E-state index in [2.05, 4.69) is 23.0 Å². The molecule has 2 heterocycles. The number of aliphatic hydroxyl groups is 1. The van der Waals surface area contributed by atoms with E-state index in [0.717, 1.165) is 36.2 Å². The zero-order valence-corrected chi connectivity index (χ0v) is 14.0. The molecule has 0 bridgehead atoms. The van der Waals surface area contributed by atoms with Gasteiger partial charge >= 0.3 is 0 Å². The minimum absolute atomic E-state index is 0.00503. The maximum atomic E-state index is 12.5. The quantitative estimate of drug-likeness (QED) is 0.911. The Morgan fingerprint density at radius 3 is 3.00 bits per heavy atom. The molecule has 0 radical (unpaired) electrons. The highest BCUT2D eigenvalue weighted by Gasteiger charge is 2.33. The molecule has 0 saturated carbocycles. The van der Waals surface area contributed by atoms with Crippen LogP contribution in [0.1, 0.15) is 50.5 Å². The van der Waals surface area contributed by atoms with Crippen LogP contribution in [0.15, 0.2) is 18.2 Å². The van der Waals surface area contributed by atoms with Crippen molar-refractivity contribution in [3.05, 3.63) is 29.6 Å². The van der Waals surface area contributed by atoms with Gasteiger partial charge in [0.15, 0.2) is 0 Å². The smallest absolute Gasteiger partial charge is 0.225 e. The Bertz CT molecular complexity index is 707. The molecule has 1 aromatic heterocycles.